The van der Waals surface area contributed by atoms with Gasteiger partial charge in [-0.15, -0.1) is 0 Å². The highest BCUT2D eigenvalue weighted by atomic mass is 16.3. The van der Waals surface area contributed by atoms with E-state index in [-0.39, 0.29) is 48.1 Å². The molecule has 0 spiro atoms. The highest BCUT2D eigenvalue weighted by Crippen LogP contribution is 2.34. The smallest absolute Gasteiger partial charge is 0.329 e. The van der Waals surface area contributed by atoms with Crippen LogP contribution in [0.15, 0.2) is 87.8 Å². The Labute approximate surface area is 318 Å². The Balaban J connectivity index is 0.879. The minimum atomic E-state index is -0.744. The number of aliphatic imine (C=N–C) groups is 1. The SMILES string of the molecule is Cn1c(=O)n(C2CCC(=O)NC2=O)c2cccc(C#CCCCC/C(C=NCc3cccc(N4C[C@H]5C[C@@H]4CN5/C=C/C(=O)c4ccccc4O)n3)=N/N)c21. The number of imidazole rings is 1. The van der Waals surface area contributed by atoms with E-state index in [1.807, 2.05) is 36.5 Å². The van der Waals surface area contributed by atoms with Gasteiger partial charge in [-0.1, -0.05) is 36.1 Å². The van der Waals surface area contributed by atoms with Gasteiger partial charge in [-0.2, -0.15) is 5.10 Å². The number of fused-ring (bicyclic) bond motifs is 3. The lowest BCUT2D eigenvalue weighted by molar-refractivity contribution is -0.135. The average molecular weight is 742 g/mol. The van der Waals surface area contributed by atoms with E-state index in [0.717, 1.165) is 43.9 Å². The number of phenols is 1. The molecule has 14 heteroatoms. The maximum atomic E-state index is 13.2. The molecule has 5 heterocycles. The summed E-state index contributed by atoms with van der Waals surface area (Å²) < 4.78 is 2.97. The molecule has 4 N–H and O–H groups in total. The summed E-state index contributed by atoms with van der Waals surface area (Å²) in [5.41, 5.74) is 3.46. The van der Waals surface area contributed by atoms with Crippen LogP contribution in [-0.2, 0) is 23.2 Å². The fourth-order valence-corrected chi connectivity index (χ4v) is 7.66. The first kappa shape index (κ1) is 36.9. The number of imide groups is 1. The van der Waals surface area contributed by atoms with Crippen LogP contribution in [0.4, 0.5) is 5.82 Å². The molecule has 4 aromatic rings. The zero-order chi connectivity index (χ0) is 38.5. The Morgan fingerprint density at radius 3 is 2.67 bits per heavy atom. The molecule has 3 aliphatic heterocycles. The van der Waals surface area contributed by atoms with E-state index < -0.39 is 11.9 Å². The number of piperidine rings is 1. The molecule has 2 bridgehead atoms. The van der Waals surface area contributed by atoms with E-state index in [9.17, 15) is 24.3 Å². The van der Waals surface area contributed by atoms with Gasteiger partial charge in [0.2, 0.25) is 11.8 Å². The number of para-hydroxylation sites is 2. The molecule has 3 atom stereocenters. The summed E-state index contributed by atoms with van der Waals surface area (Å²) in [5.74, 6) is 12.0. The van der Waals surface area contributed by atoms with Crippen molar-refractivity contribution < 1.29 is 19.5 Å². The van der Waals surface area contributed by atoms with E-state index in [4.69, 9.17) is 10.8 Å². The first-order valence-electron chi connectivity index (χ1n) is 18.5. The summed E-state index contributed by atoms with van der Waals surface area (Å²) in [6.45, 7) is 1.99. The molecule has 0 saturated carbocycles. The number of likely N-dealkylation sites (tertiary alicyclic amines) is 1. The van der Waals surface area contributed by atoms with Crippen molar-refractivity contribution in [1.82, 2.24) is 24.3 Å². The van der Waals surface area contributed by atoms with Crippen molar-refractivity contribution in [2.45, 2.75) is 69.6 Å². The third-order valence-corrected chi connectivity index (χ3v) is 10.4. The molecule has 3 fully saturated rings. The van der Waals surface area contributed by atoms with Crippen LogP contribution in [0, 0.1) is 11.8 Å². The highest BCUT2D eigenvalue weighted by Gasteiger charge is 2.42. The monoisotopic (exact) mass is 741 g/mol. The number of anilines is 1. The van der Waals surface area contributed by atoms with E-state index in [0.29, 0.717) is 47.3 Å². The first-order valence-corrected chi connectivity index (χ1v) is 18.5. The molecule has 2 aromatic carbocycles. The van der Waals surface area contributed by atoms with Gasteiger partial charge in [-0.3, -0.25) is 33.8 Å². The normalized spacial score (nSPS) is 19.8. The molecule has 14 nitrogen and oxygen atoms in total. The van der Waals surface area contributed by atoms with Crippen LogP contribution in [-0.4, -0.2) is 78.8 Å². The number of amides is 2. The molecular weight excluding hydrogens is 699 g/mol. The fraction of sp³-hybridized carbons (Fsp3) is 0.341. The molecule has 0 aliphatic carbocycles. The van der Waals surface area contributed by atoms with Crippen LogP contribution in [0.1, 0.15) is 72.6 Å². The molecule has 0 radical (unpaired) electrons. The number of nitrogens with two attached hydrogens (primary N) is 1. The average Bonchev–Trinajstić information content (AvgIpc) is 3.86. The predicted molar refractivity (Wildman–Crippen MR) is 210 cm³/mol. The number of unbranched alkanes of at least 4 members (excludes halogenated alkanes) is 2. The molecule has 2 amide bonds. The maximum Gasteiger partial charge on any atom is 0.329 e. The number of ketones is 1. The number of hydrazone groups is 1. The number of nitrogens with one attached hydrogen (secondary N) is 1. The molecule has 7 rings (SSSR count). The second-order valence-electron chi connectivity index (χ2n) is 14.0. The number of hydrogen-bond donors (Lipinski definition) is 3. The van der Waals surface area contributed by atoms with E-state index >= 15 is 0 Å². The van der Waals surface area contributed by atoms with Crippen LogP contribution in [0.3, 0.4) is 0 Å². The summed E-state index contributed by atoms with van der Waals surface area (Å²) in [6.07, 6.45) is 9.43. The minimum absolute atomic E-state index is 0.0164. The number of allylic oxidation sites excluding steroid dienone is 1. The Morgan fingerprint density at radius 1 is 1.05 bits per heavy atom. The second kappa shape index (κ2) is 16.3. The summed E-state index contributed by atoms with van der Waals surface area (Å²) in [7, 11) is 1.66. The largest absolute Gasteiger partial charge is 0.507 e. The standard InChI is InChI=1S/C41H43N9O5/c1-47-39-27(11-8-15-33(39)50(41(47)55)34-18-19-38(53)45-40(34)54)10-4-2-3-5-12-29(46-42)24-43-23-28-13-9-17-37(44-28)49-26-30-22-31(49)25-48(30)21-20-36(52)32-14-6-7-16-35(32)51/h6-9,11,13-17,20-21,24,30-31,34,51H,2-3,5,12,18-19,22-23,25-26,42H2,1H3,(H,45,53,54)/b21-20+,43-24?,46-29-/t30-,31-,34?/m1/s1. The fourth-order valence-electron chi connectivity index (χ4n) is 7.66. The van der Waals surface area contributed by atoms with Crippen LogP contribution < -0.4 is 21.7 Å². The van der Waals surface area contributed by atoms with Gasteiger partial charge >= 0.3 is 5.69 Å². The number of rotatable bonds is 12. The maximum absolute atomic E-state index is 13.2. The number of hydrogen-bond acceptors (Lipinski definition) is 11. The number of carbonyl (C=O) groups excluding carboxylic acids is 3. The topological polar surface area (TPSA) is 181 Å². The van der Waals surface area contributed by atoms with Crippen molar-refractivity contribution >= 4 is 46.4 Å². The predicted octanol–water partition coefficient (Wildman–Crippen LogP) is 3.58. The van der Waals surface area contributed by atoms with Gasteiger partial charge in [0.15, 0.2) is 5.78 Å². The minimum Gasteiger partial charge on any atom is -0.507 e. The lowest BCUT2D eigenvalue weighted by Crippen LogP contribution is -2.44. The molecule has 282 valence electrons. The van der Waals surface area contributed by atoms with Crippen molar-refractivity contribution in [3.8, 4) is 17.6 Å². The molecular formula is C41H43N9O5. The number of aryl methyl sites for hydroxylation is 1. The Bertz CT molecular complexity index is 2350. The number of benzene rings is 2. The zero-order valence-corrected chi connectivity index (χ0v) is 30.6. The van der Waals surface area contributed by atoms with E-state index in [2.05, 4.69) is 37.1 Å². The number of piperazine rings is 1. The lowest BCUT2D eigenvalue weighted by Gasteiger charge is -2.34. The van der Waals surface area contributed by atoms with E-state index in [1.165, 1.54) is 21.3 Å². The Hall–Kier alpha value is -6.49. The molecule has 2 aromatic heterocycles. The van der Waals surface area contributed by atoms with Crippen molar-refractivity contribution in [1.29, 1.82) is 0 Å². The lowest BCUT2D eigenvalue weighted by atomic mass is 10.1. The summed E-state index contributed by atoms with van der Waals surface area (Å²) in [6, 6.07) is 17.8. The summed E-state index contributed by atoms with van der Waals surface area (Å²) in [4.78, 5) is 63.9. The van der Waals surface area contributed by atoms with Gasteiger partial charge in [0.25, 0.3) is 0 Å². The number of aromatic hydroxyl groups is 1. The molecule has 3 aliphatic rings. The molecule has 3 saturated heterocycles. The molecule has 55 heavy (non-hydrogen) atoms. The van der Waals surface area contributed by atoms with Crippen molar-refractivity contribution in [2.24, 2.45) is 23.0 Å². The van der Waals surface area contributed by atoms with Crippen LogP contribution >= 0.6 is 0 Å². The number of phenolic OH excluding ortho intramolecular Hbond substituents is 1. The Kier molecular flexibility index (Phi) is 10.9. The third kappa shape index (κ3) is 7.91. The highest BCUT2D eigenvalue weighted by molar-refractivity contribution is 6.30. The molecule has 1 unspecified atom stereocenters. The van der Waals surface area contributed by atoms with Crippen LogP contribution in [0.5, 0.6) is 5.75 Å². The van der Waals surface area contributed by atoms with Gasteiger partial charge in [-0.25, -0.2) is 9.78 Å². The third-order valence-electron chi connectivity index (χ3n) is 10.4. The zero-order valence-electron chi connectivity index (χ0n) is 30.6. The van der Waals surface area contributed by atoms with Gasteiger partial charge < -0.3 is 20.7 Å². The summed E-state index contributed by atoms with van der Waals surface area (Å²) >= 11 is 0. The van der Waals surface area contributed by atoms with Gasteiger partial charge in [0.05, 0.1) is 40.1 Å². The van der Waals surface area contributed by atoms with Crippen molar-refractivity contribution in [3.63, 3.8) is 0 Å². The van der Waals surface area contributed by atoms with Crippen molar-refractivity contribution in [2.75, 3.05) is 18.0 Å². The van der Waals surface area contributed by atoms with Gasteiger partial charge in [0, 0.05) is 63.6 Å². The summed E-state index contributed by atoms with van der Waals surface area (Å²) in [5, 5.41) is 16.3. The number of pyridine rings is 1. The van der Waals surface area contributed by atoms with Crippen LogP contribution in [0.25, 0.3) is 11.0 Å². The van der Waals surface area contributed by atoms with Crippen molar-refractivity contribution in [3.05, 3.63) is 100 Å². The van der Waals surface area contributed by atoms with E-state index in [1.54, 1.807) is 37.5 Å². The number of aromatic nitrogens is 3. The van der Waals surface area contributed by atoms with Gasteiger partial charge in [-0.05, 0) is 68.5 Å². The Morgan fingerprint density at radius 2 is 1.89 bits per heavy atom. The first-order chi connectivity index (χ1) is 26.7. The number of carbonyl (C=O) groups is 3. The quantitative estimate of drug-likeness (QED) is 0.0286. The second-order valence-corrected chi connectivity index (χ2v) is 14.0. The number of nitrogens with zero attached hydrogens (tertiary/aromatic N) is 7. The van der Waals surface area contributed by atoms with Gasteiger partial charge in [0.1, 0.15) is 17.6 Å². The van der Waals surface area contributed by atoms with Crippen LogP contribution in [0.2, 0.25) is 0 Å².